The van der Waals surface area contributed by atoms with Crippen LogP contribution >= 0.6 is 7.26 Å². The van der Waals surface area contributed by atoms with Crippen LogP contribution in [-0.2, 0) is 0 Å². The van der Waals surface area contributed by atoms with Gasteiger partial charge in [-0.2, -0.15) is 0 Å². The summed E-state index contributed by atoms with van der Waals surface area (Å²) in [5.74, 6) is 0. The summed E-state index contributed by atoms with van der Waals surface area (Å²) >= 11 is 0. The molecule has 0 bridgehead atoms. The van der Waals surface area contributed by atoms with Crippen LogP contribution in [0.1, 0.15) is 59.3 Å². The van der Waals surface area contributed by atoms with E-state index in [0.717, 1.165) is 0 Å². The van der Waals surface area contributed by atoms with Crippen molar-refractivity contribution in [2.24, 2.45) is 0 Å². The highest BCUT2D eigenvalue weighted by molar-refractivity contribution is 7.75. The van der Waals surface area contributed by atoms with E-state index in [1.807, 2.05) is 0 Å². The summed E-state index contributed by atoms with van der Waals surface area (Å²) < 4.78 is 0. The Morgan fingerprint density at radius 2 is 0.929 bits per heavy atom. The first kappa shape index (κ1) is 14.4. The SMILES string of the molecule is CCCC[P](C)(CCCC)CCCC. The molecule has 0 saturated carbocycles. The van der Waals surface area contributed by atoms with Crippen molar-refractivity contribution >= 4 is 7.26 Å². The molecule has 0 atom stereocenters. The molecular weight excluding hydrogens is 187 g/mol. The topological polar surface area (TPSA) is 0 Å². The highest BCUT2D eigenvalue weighted by Gasteiger charge is 2.18. The molecule has 0 amide bonds. The minimum atomic E-state index is -0.519. The quantitative estimate of drug-likeness (QED) is 0.475. The minimum Gasteiger partial charge on any atom is -0.128 e. The van der Waals surface area contributed by atoms with Gasteiger partial charge < -0.3 is 0 Å². The molecule has 0 heterocycles. The van der Waals surface area contributed by atoms with E-state index in [9.17, 15) is 0 Å². The summed E-state index contributed by atoms with van der Waals surface area (Å²) in [7, 11) is -0.519. The normalized spacial score (nSPS) is 12.0. The van der Waals surface area contributed by atoms with Gasteiger partial charge in [0, 0.05) is 0 Å². The van der Waals surface area contributed by atoms with Crippen LogP contribution in [0, 0.1) is 0 Å². The summed E-state index contributed by atoms with van der Waals surface area (Å²) in [5, 5.41) is 0. The van der Waals surface area contributed by atoms with Crippen LogP contribution in [-0.4, -0.2) is 25.2 Å². The molecule has 87 valence electrons. The van der Waals surface area contributed by atoms with Gasteiger partial charge >= 0.3 is 0 Å². The number of rotatable bonds is 9. The van der Waals surface area contributed by atoms with Crippen molar-refractivity contribution in [2.45, 2.75) is 59.3 Å². The van der Waals surface area contributed by atoms with Gasteiger partial charge in [-0.05, 0) is 44.4 Å². The zero-order valence-corrected chi connectivity index (χ0v) is 11.7. The van der Waals surface area contributed by atoms with Crippen LogP contribution in [0.3, 0.4) is 0 Å². The third-order valence-corrected chi connectivity index (χ3v) is 7.34. The van der Waals surface area contributed by atoms with Gasteiger partial charge in [0.15, 0.2) is 0 Å². The lowest BCUT2D eigenvalue weighted by Gasteiger charge is -2.32. The Balaban J connectivity index is 3.89. The first-order chi connectivity index (χ1) is 6.68. The van der Waals surface area contributed by atoms with E-state index in [2.05, 4.69) is 27.4 Å². The summed E-state index contributed by atoms with van der Waals surface area (Å²) in [4.78, 5) is 0. The van der Waals surface area contributed by atoms with Gasteiger partial charge in [0.05, 0.1) is 0 Å². The largest absolute Gasteiger partial charge is 0.128 e. The maximum Gasteiger partial charge on any atom is -0.0362 e. The second kappa shape index (κ2) is 8.72. The predicted octanol–water partition coefficient (Wildman–Crippen LogP) is 5.03. The molecule has 0 aromatic carbocycles. The Bertz CT molecular complexity index is 98.6. The zero-order valence-electron chi connectivity index (χ0n) is 10.8. The van der Waals surface area contributed by atoms with Crippen molar-refractivity contribution in [2.75, 3.05) is 25.2 Å². The third kappa shape index (κ3) is 6.82. The molecule has 0 spiro atoms. The molecule has 0 rings (SSSR count). The van der Waals surface area contributed by atoms with E-state index in [-0.39, 0.29) is 0 Å². The molecule has 0 aliphatic carbocycles. The van der Waals surface area contributed by atoms with Gasteiger partial charge in [-0.25, -0.2) is 0 Å². The molecule has 0 unspecified atom stereocenters. The van der Waals surface area contributed by atoms with Gasteiger partial charge in [0.1, 0.15) is 0 Å². The lowest BCUT2D eigenvalue weighted by atomic mass is 10.4. The van der Waals surface area contributed by atoms with E-state index in [4.69, 9.17) is 0 Å². The molecular formula is C13H30P. The van der Waals surface area contributed by atoms with Gasteiger partial charge in [-0.3, -0.25) is 0 Å². The predicted molar refractivity (Wildman–Crippen MR) is 72.2 cm³/mol. The van der Waals surface area contributed by atoms with Crippen LogP contribution in [0.2, 0.25) is 0 Å². The smallest absolute Gasteiger partial charge is 0.0362 e. The standard InChI is InChI=1S/C13H30P/c1-5-8-11-14(4,12-9-6-2)13-10-7-3/h5-13H2,1-4H3. The first-order valence-electron chi connectivity index (χ1n) is 6.52. The molecule has 0 aromatic rings. The number of hydrogen-bond acceptors (Lipinski definition) is 0. The highest BCUT2D eigenvalue weighted by Crippen LogP contribution is 2.57. The molecule has 0 aliphatic heterocycles. The lowest BCUT2D eigenvalue weighted by molar-refractivity contribution is 0.838. The fourth-order valence-corrected chi connectivity index (χ4v) is 5.86. The van der Waals surface area contributed by atoms with E-state index in [0.29, 0.717) is 0 Å². The Morgan fingerprint density at radius 1 is 0.643 bits per heavy atom. The highest BCUT2D eigenvalue weighted by atomic mass is 31.2. The summed E-state index contributed by atoms with van der Waals surface area (Å²) in [5.41, 5.74) is 0. The van der Waals surface area contributed by atoms with Gasteiger partial charge in [-0.1, -0.05) is 40.0 Å². The van der Waals surface area contributed by atoms with E-state index in [1.165, 1.54) is 38.5 Å². The lowest BCUT2D eigenvalue weighted by Crippen LogP contribution is -2.07. The summed E-state index contributed by atoms with van der Waals surface area (Å²) in [6.45, 7) is 9.59. The van der Waals surface area contributed by atoms with E-state index >= 15 is 0 Å². The number of unbranched alkanes of at least 4 members (excludes halogenated alkanes) is 3. The Labute approximate surface area is 92.2 Å². The first-order valence-corrected chi connectivity index (χ1v) is 9.31. The number of hydrogen-bond donors (Lipinski definition) is 0. The molecule has 0 aliphatic rings. The summed E-state index contributed by atoms with van der Waals surface area (Å²) in [6.07, 6.45) is 13.2. The molecule has 1 radical (unpaired) electrons. The molecule has 0 aromatic heterocycles. The average Bonchev–Trinajstić information content (AvgIpc) is 2.21. The average molecular weight is 217 g/mol. The Morgan fingerprint density at radius 3 is 1.14 bits per heavy atom. The second-order valence-electron chi connectivity index (χ2n) is 4.85. The fourth-order valence-electron chi connectivity index (χ4n) is 1.95. The van der Waals surface area contributed by atoms with Crippen molar-refractivity contribution in [3.63, 3.8) is 0 Å². The van der Waals surface area contributed by atoms with Crippen LogP contribution in [0.5, 0.6) is 0 Å². The molecule has 0 saturated heterocycles. The van der Waals surface area contributed by atoms with Crippen LogP contribution in [0.15, 0.2) is 0 Å². The molecule has 0 N–H and O–H groups in total. The monoisotopic (exact) mass is 217 g/mol. The molecule has 0 nitrogen and oxygen atoms in total. The minimum absolute atomic E-state index is 0.519. The molecule has 14 heavy (non-hydrogen) atoms. The van der Waals surface area contributed by atoms with Crippen LogP contribution in [0.4, 0.5) is 0 Å². The van der Waals surface area contributed by atoms with E-state index in [1.54, 1.807) is 18.5 Å². The summed E-state index contributed by atoms with van der Waals surface area (Å²) in [6, 6.07) is 0. The van der Waals surface area contributed by atoms with E-state index < -0.39 is 7.26 Å². The van der Waals surface area contributed by atoms with Crippen molar-refractivity contribution in [1.29, 1.82) is 0 Å². The van der Waals surface area contributed by atoms with Gasteiger partial charge in [-0.15, -0.1) is 7.26 Å². The van der Waals surface area contributed by atoms with Gasteiger partial charge in [0.2, 0.25) is 0 Å². The maximum atomic E-state index is 2.62. The second-order valence-corrected chi connectivity index (χ2v) is 9.43. The third-order valence-electron chi connectivity index (χ3n) is 3.15. The van der Waals surface area contributed by atoms with Crippen molar-refractivity contribution < 1.29 is 0 Å². The molecule has 1 heteroatoms. The van der Waals surface area contributed by atoms with Crippen LogP contribution in [0.25, 0.3) is 0 Å². The van der Waals surface area contributed by atoms with Crippen molar-refractivity contribution in [1.82, 2.24) is 0 Å². The molecule has 0 fully saturated rings. The zero-order chi connectivity index (χ0) is 10.9. The van der Waals surface area contributed by atoms with Crippen molar-refractivity contribution in [3.8, 4) is 0 Å². The Hall–Kier alpha value is 0.430. The van der Waals surface area contributed by atoms with Crippen molar-refractivity contribution in [3.05, 3.63) is 0 Å². The maximum absolute atomic E-state index is 2.62. The van der Waals surface area contributed by atoms with Gasteiger partial charge in [0.25, 0.3) is 0 Å². The fraction of sp³-hybridized carbons (Fsp3) is 1.00. The Kier molecular flexibility index (Phi) is 8.98. The van der Waals surface area contributed by atoms with Crippen LogP contribution < -0.4 is 0 Å².